The Morgan fingerprint density at radius 3 is 2.50 bits per heavy atom. The first-order valence-corrected chi connectivity index (χ1v) is 11.1. The molecule has 168 valence electrons. The molecule has 1 heterocycles. The van der Waals surface area contributed by atoms with E-state index in [-0.39, 0.29) is 29.6 Å². The molecule has 0 bridgehead atoms. The van der Waals surface area contributed by atoms with Gasteiger partial charge in [-0.05, 0) is 60.6 Å². The first-order chi connectivity index (χ1) is 16.1. The van der Waals surface area contributed by atoms with E-state index >= 15 is 0 Å². The number of carboxylic acids is 1. The van der Waals surface area contributed by atoms with Crippen molar-refractivity contribution in [3.8, 4) is 5.75 Å². The molecule has 0 fully saturated rings. The summed E-state index contributed by atoms with van der Waals surface area (Å²) in [6.45, 7) is 0.0371. The van der Waals surface area contributed by atoms with E-state index < -0.39 is 18.5 Å². The number of nitrogen functional groups attached to an aromatic ring is 1. The minimum absolute atomic E-state index is 0. The van der Waals surface area contributed by atoms with Gasteiger partial charge < -0.3 is 19.2 Å². The molecule has 0 unspecified atom stereocenters. The number of fused-ring (bicyclic) bond motifs is 4. The molecule has 0 aliphatic heterocycles. The Kier molecular flexibility index (Phi) is 7.28. The molecule has 8 heteroatoms. The van der Waals surface area contributed by atoms with E-state index in [0.717, 1.165) is 58.8 Å². The van der Waals surface area contributed by atoms with Crippen LogP contribution in [0.1, 0.15) is 39.9 Å². The molecule has 1 amide bonds. The number of aryl methyl sites for hydroxylation is 1. The number of hydrogen-bond donors (Lipinski definition) is 2. The van der Waals surface area contributed by atoms with Gasteiger partial charge in [0, 0.05) is 11.9 Å². The molecule has 0 atom stereocenters. The van der Waals surface area contributed by atoms with Crippen molar-refractivity contribution in [2.24, 2.45) is 5.84 Å². The second kappa shape index (κ2) is 10.2. The van der Waals surface area contributed by atoms with Crippen LogP contribution in [-0.4, -0.2) is 23.1 Å². The molecular weight excluding hydrogens is 441 g/mol. The fraction of sp³-hybridized carbons (Fsp3) is 0.231. The maximum absolute atomic E-state index is 12.7. The number of aliphatic carboxylic acids is 1. The minimum atomic E-state index is -1.29. The number of ether oxygens (including phenoxy) is 1. The van der Waals surface area contributed by atoms with Gasteiger partial charge in [-0.25, -0.2) is 5.84 Å². The minimum Gasteiger partial charge on any atom is -0.546 e. The van der Waals surface area contributed by atoms with Crippen LogP contribution in [0.3, 0.4) is 0 Å². The molecule has 3 aromatic carbocycles. The number of hydrogen-bond acceptors (Lipinski definition) is 5. The summed E-state index contributed by atoms with van der Waals surface area (Å²) in [7, 11) is 0. The van der Waals surface area contributed by atoms with Crippen LogP contribution in [0.25, 0.3) is 21.8 Å². The van der Waals surface area contributed by atoms with Crippen molar-refractivity contribution in [3.05, 3.63) is 76.9 Å². The van der Waals surface area contributed by atoms with Gasteiger partial charge in [0.2, 0.25) is 0 Å². The molecule has 1 aromatic heterocycles. The number of hydrazine groups is 1. The van der Waals surface area contributed by atoms with Crippen molar-refractivity contribution >= 4 is 33.7 Å². The molecule has 0 radical (unpaired) electrons. The summed E-state index contributed by atoms with van der Waals surface area (Å²) in [4.78, 5) is 24.0. The summed E-state index contributed by atoms with van der Waals surface area (Å²) in [5.41, 5.74) is 7.69. The Labute approximate surface area is 219 Å². The number of nitrogens with zero attached hydrogens (tertiary/aromatic N) is 1. The van der Waals surface area contributed by atoms with Crippen molar-refractivity contribution in [3.63, 3.8) is 0 Å². The Balaban J connectivity index is 0.00000274. The molecule has 7 nitrogen and oxygen atoms in total. The maximum atomic E-state index is 12.7. The van der Waals surface area contributed by atoms with E-state index in [1.807, 2.05) is 30.3 Å². The van der Waals surface area contributed by atoms with Crippen LogP contribution in [-0.2, 0) is 24.2 Å². The Morgan fingerprint density at radius 1 is 1.00 bits per heavy atom. The molecule has 1 aliphatic rings. The van der Waals surface area contributed by atoms with Crippen molar-refractivity contribution in [1.82, 2.24) is 9.99 Å². The van der Waals surface area contributed by atoms with Crippen molar-refractivity contribution in [1.29, 1.82) is 0 Å². The molecule has 34 heavy (non-hydrogen) atoms. The van der Waals surface area contributed by atoms with Crippen molar-refractivity contribution < 1.29 is 49.0 Å². The first-order valence-electron chi connectivity index (χ1n) is 11.1. The molecule has 1 aliphatic carbocycles. The van der Waals surface area contributed by atoms with Crippen LogP contribution in [0.15, 0.2) is 54.6 Å². The van der Waals surface area contributed by atoms with Crippen LogP contribution >= 0.6 is 0 Å². The van der Waals surface area contributed by atoms with E-state index in [4.69, 9.17) is 10.6 Å². The molecule has 5 rings (SSSR count). The average Bonchev–Trinajstić information content (AvgIpc) is 3.15. The zero-order valence-corrected chi connectivity index (χ0v) is 21.1. The number of carboxylic acid groups (broad SMARTS) is 1. The van der Waals surface area contributed by atoms with Crippen LogP contribution in [0.5, 0.6) is 5.75 Å². The number of carbonyl (C=O) groups excluding carboxylic acids is 2. The van der Waals surface area contributed by atoms with E-state index in [1.165, 1.54) is 0 Å². The Hall–Kier alpha value is -2.84. The number of carbonyl (C=O) groups is 2. The van der Waals surface area contributed by atoms with Gasteiger partial charge in [-0.2, -0.15) is 0 Å². The van der Waals surface area contributed by atoms with Gasteiger partial charge in [-0.15, -0.1) is 0 Å². The molecule has 3 N–H and O–H groups in total. The second-order valence-electron chi connectivity index (χ2n) is 8.35. The van der Waals surface area contributed by atoms with E-state index in [0.29, 0.717) is 23.2 Å². The summed E-state index contributed by atoms with van der Waals surface area (Å²) in [6, 6.07) is 17.8. The van der Waals surface area contributed by atoms with Crippen LogP contribution in [0, 0.1) is 0 Å². The monoisotopic (exact) mass is 465 g/mol. The van der Waals surface area contributed by atoms with Crippen molar-refractivity contribution in [2.75, 3.05) is 6.61 Å². The number of nitrogens with one attached hydrogen (secondary N) is 1. The fourth-order valence-corrected chi connectivity index (χ4v) is 4.96. The molecule has 4 aromatic rings. The van der Waals surface area contributed by atoms with Gasteiger partial charge in [0.1, 0.15) is 12.4 Å². The Bertz CT molecular complexity index is 1380. The maximum Gasteiger partial charge on any atom is 1.00 e. The smallest absolute Gasteiger partial charge is 0.546 e. The van der Waals surface area contributed by atoms with E-state index in [9.17, 15) is 14.7 Å². The number of aromatic nitrogens is 1. The fourth-order valence-electron chi connectivity index (χ4n) is 4.96. The summed E-state index contributed by atoms with van der Waals surface area (Å²) in [6.07, 6.45) is 3.76. The summed E-state index contributed by atoms with van der Waals surface area (Å²) in [5.74, 6) is 4.32. The third kappa shape index (κ3) is 4.32. The van der Waals surface area contributed by atoms with Gasteiger partial charge in [-0.1, -0.05) is 36.4 Å². The number of nitrogens with two attached hydrogens (primary N) is 1. The number of rotatable bonds is 6. The third-order valence-corrected chi connectivity index (χ3v) is 6.35. The molecular formula is C26H24N3NaO4. The third-order valence-electron chi connectivity index (χ3n) is 6.35. The predicted molar refractivity (Wildman–Crippen MR) is 124 cm³/mol. The topological polar surface area (TPSA) is 109 Å². The molecule has 0 saturated heterocycles. The summed E-state index contributed by atoms with van der Waals surface area (Å²) >= 11 is 0. The summed E-state index contributed by atoms with van der Waals surface area (Å²) in [5, 5.41) is 12.7. The number of amides is 1. The van der Waals surface area contributed by atoms with Gasteiger partial charge >= 0.3 is 29.6 Å². The van der Waals surface area contributed by atoms with Gasteiger partial charge in [0.05, 0.1) is 28.0 Å². The summed E-state index contributed by atoms with van der Waals surface area (Å²) < 4.78 is 8.04. The van der Waals surface area contributed by atoms with Crippen LogP contribution in [0.4, 0.5) is 0 Å². The molecule has 0 spiro atoms. The molecule has 0 saturated carbocycles. The second-order valence-corrected chi connectivity index (χ2v) is 8.35. The predicted octanol–water partition coefficient (Wildman–Crippen LogP) is -0.542. The zero-order chi connectivity index (χ0) is 22.9. The quantitative estimate of drug-likeness (QED) is 0.172. The van der Waals surface area contributed by atoms with Crippen LogP contribution in [0.2, 0.25) is 0 Å². The standard InChI is InChI=1S/C26H25N3O4.Na/c27-28-26(32)19-11-6-12-20-23(19)24-21(29(20)14-16-7-2-1-3-8-16)13-17-9-4-5-10-18(17)25(24)33-15-22(30)31;/h1-3,6-8,11-13H,4-5,9-10,14-15,27H2,(H,28,32)(H,30,31);/q;+1/p-1. The van der Waals surface area contributed by atoms with Crippen LogP contribution < -0.4 is 50.7 Å². The van der Waals surface area contributed by atoms with Crippen molar-refractivity contribution in [2.45, 2.75) is 32.2 Å². The first kappa shape index (κ1) is 24.3. The zero-order valence-electron chi connectivity index (χ0n) is 19.1. The number of benzene rings is 3. The Morgan fingerprint density at radius 2 is 1.76 bits per heavy atom. The van der Waals surface area contributed by atoms with Gasteiger partial charge in [-0.3, -0.25) is 10.2 Å². The van der Waals surface area contributed by atoms with Gasteiger partial charge in [0.15, 0.2) is 0 Å². The average molecular weight is 465 g/mol. The largest absolute Gasteiger partial charge is 1.00 e. The SMILES string of the molecule is NNC(=O)c1cccc2c1c1c(OCC(=O)[O-])c3c(cc1n2Cc1ccccc1)CCCC3.[Na+]. The van der Waals surface area contributed by atoms with E-state index in [2.05, 4.69) is 28.2 Å². The normalized spacial score (nSPS) is 12.7. The van der Waals surface area contributed by atoms with Gasteiger partial charge in [0.25, 0.3) is 5.91 Å². The van der Waals surface area contributed by atoms with E-state index in [1.54, 1.807) is 6.07 Å².